The van der Waals surface area contributed by atoms with Gasteiger partial charge in [-0.2, -0.15) is 13.2 Å². The minimum Gasteiger partial charge on any atom is -0.744 e. The number of hydrogen-bond acceptors (Lipinski definition) is 19. The van der Waals surface area contributed by atoms with Gasteiger partial charge in [-0.25, -0.2) is 41.9 Å². The molecule has 26 nitrogen and oxygen atoms in total. The summed E-state index contributed by atoms with van der Waals surface area (Å²) >= 11 is 0. The number of phosphoric ester groups is 1. The minimum absolute atomic E-state index is 0.0442. The van der Waals surface area contributed by atoms with Gasteiger partial charge in [0.05, 0.1) is 24.6 Å². The van der Waals surface area contributed by atoms with Gasteiger partial charge in [-0.1, -0.05) is 12.8 Å². The van der Waals surface area contributed by atoms with Crippen LogP contribution in [0, 0.1) is 0 Å². The second-order valence-electron chi connectivity index (χ2n) is 16.5. The van der Waals surface area contributed by atoms with Gasteiger partial charge in [0, 0.05) is 74.7 Å². The quantitative estimate of drug-likeness (QED) is 0.0119. The van der Waals surface area contributed by atoms with Crippen molar-refractivity contribution in [2.75, 3.05) is 43.0 Å². The zero-order valence-corrected chi connectivity index (χ0v) is 42.7. The van der Waals surface area contributed by atoms with Gasteiger partial charge in [0.15, 0.2) is 23.2 Å². The minimum atomic E-state index is -5.72. The molecule has 4 aromatic heterocycles. The molecule has 1 fully saturated rings. The second-order valence-corrected chi connectivity index (χ2v) is 22.3. The summed E-state index contributed by atoms with van der Waals surface area (Å²) in [6.45, 7) is 6.26. The molecule has 0 spiro atoms. The Bertz CT molecular complexity index is 3040. The van der Waals surface area contributed by atoms with Crippen molar-refractivity contribution >= 4 is 85.3 Å². The molecule has 1 aliphatic rings. The zero-order chi connectivity index (χ0) is 52.3. The Morgan fingerprint density at radius 3 is 2.40 bits per heavy atom. The number of nitrogens with zero attached hydrogens (tertiary/aromatic N) is 6. The summed E-state index contributed by atoms with van der Waals surface area (Å²) in [5.41, 5.74) is 2.47. The molecule has 2 unspecified atom stereocenters. The fraction of sp³-hybridized carbons (Fsp3) is 0.476. The molecular formula is C42H57N8O18P3S. The highest BCUT2D eigenvalue weighted by Gasteiger charge is 2.43. The zero-order valence-electron chi connectivity index (χ0n) is 39.2. The Balaban J connectivity index is 0.882. The number of rotatable bonds is 28. The van der Waals surface area contributed by atoms with Crippen LogP contribution in [0.1, 0.15) is 89.1 Å². The molecule has 72 heavy (non-hydrogen) atoms. The van der Waals surface area contributed by atoms with E-state index >= 15 is 0 Å². The average Bonchev–Trinajstić information content (AvgIpc) is 3.90. The lowest BCUT2D eigenvalue weighted by molar-refractivity contribution is -0.700. The number of pyridine rings is 1. The monoisotopic (exact) mass is 1090 g/mol. The molecule has 1 amide bonds. The van der Waals surface area contributed by atoms with E-state index in [9.17, 15) is 51.1 Å². The number of carbonyl (C=O) groups excluding carboxylic acids is 1. The highest BCUT2D eigenvalue weighted by molar-refractivity contribution is 7.85. The molecule has 0 saturated carbocycles. The predicted octanol–water partition coefficient (Wildman–Crippen LogP) is 4.48. The number of benzene rings is 1. The maximum atomic E-state index is 12.9. The molecule has 1 aromatic carbocycles. The Kier molecular flexibility index (Phi) is 19.6. The lowest BCUT2D eigenvalue weighted by Crippen LogP contribution is -2.37. The molecule has 1 aliphatic heterocycles. The summed E-state index contributed by atoms with van der Waals surface area (Å²) in [7, 11) is -21.4. The first-order valence-electron chi connectivity index (χ1n) is 22.8. The van der Waals surface area contributed by atoms with Gasteiger partial charge in [-0.3, -0.25) is 13.9 Å². The van der Waals surface area contributed by atoms with Crippen molar-refractivity contribution in [3.63, 3.8) is 0 Å². The number of imidazole rings is 1. The molecule has 5 atom stereocenters. The van der Waals surface area contributed by atoms with E-state index in [0.717, 1.165) is 49.8 Å². The maximum absolute atomic E-state index is 12.9. The fourth-order valence-electron chi connectivity index (χ4n) is 7.79. The van der Waals surface area contributed by atoms with E-state index in [1.54, 1.807) is 22.8 Å². The predicted molar refractivity (Wildman–Crippen MR) is 258 cm³/mol. The molecule has 0 bridgehead atoms. The van der Waals surface area contributed by atoms with Crippen LogP contribution in [0.3, 0.4) is 0 Å². The lowest BCUT2D eigenvalue weighted by atomic mass is 10.1. The van der Waals surface area contributed by atoms with Crippen molar-refractivity contribution in [2.45, 2.75) is 102 Å². The second kappa shape index (κ2) is 24.9. The number of aryl methyl sites for hydroxylation is 1. The van der Waals surface area contributed by atoms with E-state index in [2.05, 4.69) is 43.6 Å². The van der Waals surface area contributed by atoms with Crippen LogP contribution in [0.4, 0.5) is 11.5 Å². The van der Waals surface area contributed by atoms with Gasteiger partial charge >= 0.3 is 29.1 Å². The summed E-state index contributed by atoms with van der Waals surface area (Å²) in [6.07, 6.45) is 9.15. The Hall–Kier alpha value is -4.82. The third-order valence-corrected chi connectivity index (χ3v) is 16.0. The summed E-state index contributed by atoms with van der Waals surface area (Å²) in [5, 5.41) is 17.4. The van der Waals surface area contributed by atoms with E-state index in [1.807, 2.05) is 32.0 Å². The summed E-state index contributed by atoms with van der Waals surface area (Å²) in [4.78, 5) is 76.6. The fourth-order valence-corrected chi connectivity index (χ4v) is 11.3. The number of ether oxygens (including phenoxy) is 1. The average molecular weight is 1090 g/mol. The van der Waals surface area contributed by atoms with E-state index in [-0.39, 0.29) is 17.2 Å². The molecule has 5 heterocycles. The van der Waals surface area contributed by atoms with Gasteiger partial charge in [-0.05, 0) is 69.9 Å². The smallest absolute Gasteiger partial charge is 0.490 e. The third kappa shape index (κ3) is 16.3. The van der Waals surface area contributed by atoms with Crippen LogP contribution < -0.4 is 25.7 Å². The molecule has 5 aromatic rings. The number of phosphoric acid groups is 3. The van der Waals surface area contributed by atoms with Crippen LogP contribution in [-0.2, 0) is 53.0 Å². The number of aliphatic hydroxyl groups excluding tert-OH is 1. The molecule has 0 radical (unpaired) electrons. The van der Waals surface area contributed by atoms with Crippen LogP contribution in [0.5, 0.6) is 0 Å². The van der Waals surface area contributed by atoms with E-state index in [0.29, 0.717) is 79.1 Å². The van der Waals surface area contributed by atoms with Crippen LogP contribution in [-0.4, -0.2) is 108 Å². The van der Waals surface area contributed by atoms with E-state index in [4.69, 9.17) is 18.9 Å². The summed E-state index contributed by atoms with van der Waals surface area (Å²) in [6, 6.07) is 10.1. The van der Waals surface area contributed by atoms with Gasteiger partial charge < -0.3 is 53.9 Å². The topological polar surface area (TPSA) is 369 Å². The molecule has 7 N–H and O–H groups in total. The molecule has 1 saturated heterocycles. The number of amides is 1. The number of fused-ring (bicyclic) bond motifs is 2. The normalized spacial score (nSPS) is 18.1. The van der Waals surface area contributed by atoms with Crippen LogP contribution in [0.25, 0.3) is 34.3 Å². The maximum Gasteiger partial charge on any atom is 0.490 e. The number of unbranched alkanes of at least 4 members (excludes halogenated alkanes) is 5. The van der Waals surface area contributed by atoms with Gasteiger partial charge in [0.2, 0.25) is 11.6 Å². The first-order valence-corrected chi connectivity index (χ1v) is 28.8. The summed E-state index contributed by atoms with van der Waals surface area (Å²) in [5.74, 6) is 0.347. The summed E-state index contributed by atoms with van der Waals surface area (Å²) < 4.78 is 96.7. The van der Waals surface area contributed by atoms with Crippen LogP contribution >= 0.6 is 23.5 Å². The molecule has 30 heteroatoms. The number of hydrogen-bond donors (Lipinski definition) is 7. The molecule has 6 rings (SSSR count). The largest absolute Gasteiger partial charge is 0.744 e. The molecule has 0 aliphatic carbocycles. The Labute approximate surface area is 413 Å². The van der Waals surface area contributed by atoms with Gasteiger partial charge in [0.25, 0.3) is 0 Å². The van der Waals surface area contributed by atoms with Crippen molar-refractivity contribution in [3.05, 3.63) is 76.9 Å². The Morgan fingerprint density at radius 1 is 0.944 bits per heavy atom. The first kappa shape index (κ1) is 56.5. The van der Waals surface area contributed by atoms with E-state index < -0.39 is 64.3 Å². The van der Waals surface area contributed by atoms with Crippen LogP contribution in [0.2, 0.25) is 0 Å². The van der Waals surface area contributed by atoms with Gasteiger partial charge in [-0.15, -0.1) is 0 Å². The molecular weight excluding hydrogens is 1030 g/mol. The first-order chi connectivity index (χ1) is 34.0. The number of aromatic nitrogens is 5. The number of anilines is 2. The van der Waals surface area contributed by atoms with Crippen LogP contribution in [0.15, 0.2) is 69.4 Å². The SMILES string of the molecule is CCN(CC)c1ccc2cc(/C=C/c3ccc(S(=O)(=O)[O-])c[n+]3CCCCCC(=O)NCCCCCCNc3ncnc4c3ncn4[C@H]3C[C@H](O)[C@@H](COP(=O)(O)OP(=O)(O)OP(=O)(O)O)O3)c(=O)oc2c1. The lowest BCUT2D eigenvalue weighted by Gasteiger charge is -2.20. The van der Waals surface area contributed by atoms with Crippen molar-refractivity contribution in [3.8, 4) is 0 Å². The highest BCUT2D eigenvalue weighted by Crippen LogP contribution is 2.66. The van der Waals surface area contributed by atoms with E-state index in [1.165, 1.54) is 35.6 Å². The van der Waals surface area contributed by atoms with Gasteiger partial charge in [0.1, 0.15) is 45.8 Å². The number of nitrogens with one attached hydrogen (secondary N) is 2. The van der Waals surface area contributed by atoms with Crippen molar-refractivity contribution in [2.24, 2.45) is 0 Å². The highest BCUT2D eigenvalue weighted by atomic mass is 32.2. The van der Waals surface area contributed by atoms with Crippen molar-refractivity contribution in [1.29, 1.82) is 0 Å². The third-order valence-electron chi connectivity index (χ3n) is 11.3. The standard InChI is InChI=1S/C42H57N8O18P3S/c1-3-48(4-2)32-16-13-29-22-30(42(53)66-35(29)23-32)14-15-31-17-18-33(72(61,62)63)25-49(31)21-11-7-8-12-37(52)43-19-9-5-6-10-20-44-40-39-41(46-27-45-40)50(28-47-39)38-24-34(51)36(65-38)26-64-70(57,58)68-71(59,60)67-69(54,55)56/h13-18,22-23,25,27-28,34,36,38,51H,3-12,19-21,24,26H2,1-2H3,(H6-,43,44,45,46,52,54,55,56,57,58,59,60,61,62,63)/t34-,36+,38+/m0/s1. The number of carbonyl (C=O) groups is 1. The van der Waals surface area contributed by atoms with Crippen molar-refractivity contribution < 1.29 is 83.0 Å². The van der Waals surface area contributed by atoms with Crippen molar-refractivity contribution in [1.82, 2.24) is 24.8 Å². The molecule has 394 valence electrons. The number of aliphatic hydroxyl groups is 1. The Morgan fingerprint density at radius 2 is 1.68 bits per heavy atom.